The van der Waals surface area contributed by atoms with E-state index in [1.54, 1.807) is 0 Å². The van der Waals surface area contributed by atoms with Gasteiger partial charge < -0.3 is 5.32 Å². The molecule has 0 radical (unpaired) electrons. The highest BCUT2D eigenvalue weighted by Crippen LogP contribution is 2.43. The molecule has 0 aromatic heterocycles. The topological polar surface area (TPSA) is 12.0 Å². The molecule has 0 spiro atoms. The number of halogens is 1. The Morgan fingerprint density at radius 3 is 2.92 bits per heavy atom. The zero-order valence-corrected chi connectivity index (χ0v) is 9.34. The fourth-order valence-corrected chi connectivity index (χ4v) is 2.38. The molecular formula is C11H14BrN. The van der Waals surface area contributed by atoms with Crippen molar-refractivity contribution < 1.29 is 0 Å². The van der Waals surface area contributed by atoms with Gasteiger partial charge in [0.2, 0.25) is 0 Å². The third kappa shape index (κ3) is 1.94. The zero-order valence-electron chi connectivity index (χ0n) is 7.76. The van der Waals surface area contributed by atoms with Gasteiger partial charge in [0.25, 0.3) is 0 Å². The maximum absolute atomic E-state index is 3.59. The summed E-state index contributed by atoms with van der Waals surface area (Å²) in [4.78, 5) is 0. The van der Waals surface area contributed by atoms with E-state index >= 15 is 0 Å². The molecule has 0 bridgehead atoms. The first kappa shape index (κ1) is 9.22. The fourth-order valence-electron chi connectivity index (χ4n) is 1.80. The molecule has 13 heavy (non-hydrogen) atoms. The summed E-state index contributed by atoms with van der Waals surface area (Å²) >= 11 is 3.59. The lowest BCUT2D eigenvalue weighted by Gasteiger charge is -2.03. The Labute approximate surface area is 87.7 Å². The van der Waals surface area contributed by atoms with Gasteiger partial charge in [0, 0.05) is 16.4 Å². The minimum absolute atomic E-state index is 0.712. The van der Waals surface area contributed by atoms with Gasteiger partial charge in [-0.25, -0.2) is 0 Å². The SMILES string of the molecule is CCNC1CC1c1ccccc1Br. The van der Waals surface area contributed by atoms with Gasteiger partial charge in [-0.1, -0.05) is 41.1 Å². The molecule has 0 saturated heterocycles. The van der Waals surface area contributed by atoms with Crippen LogP contribution in [0.1, 0.15) is 24.8 Å². The van der Waals surface area contributed by atoms with Crippen molar-refractivity contribution in [2.24, 2.45) is 0 Å². The quantitative estimate of drug-likeness (QED) is 0.856. The molecule has 2 unspecified atom stereocenters. The number of hydrogen-bond acceptors (Lipinski definition) is 1. The average molecular weight is 240 g/mol. The average Bonchev–Trinajstić information content (AvgIpc) is 2.86. The van der Waals surface area contributed by atoms with Gasteiger partial charge in [-0.3, -0.25) is 0 Å². The van der Waals surface area contributed by atoms with Crippen molar-refractivity contribution in [1.82, 2.24) is 5.32 Å². The Hall–Kier alpha value is -0.340. The molecule has 2 heteroatoms. The molecule has 2 atom stereocenters. The molecule has 1 N–H and O–H groups in total. The number of hydrogen-bond donors (Lipinski definition) is 1. The van der Waals surface area contributed by atoms with Gasteiger partial charge in [-0.15, -0.1) is 0 Å². The summed E-state index contributed by atoms with van der Waals surface area (Å²) in [6.45, 7) is 3.24. The number of benzene rings is 1. The number of nitrogens with one attached hydrogen (secondary N) is 1. The monoisotopic (exact) mass is 239 g/mol. The number of likely N-dealkylation sites (N-methyl/N-ethyl adjacent to an activating group) is 1. The molecule has 0 amide bonds. The minimum atomic E-state index is 0.712. The first-order valence-electron chi connectivity index (χ1n) is 4.80. The van der Waals surface area contributed by atoms with Crippen LogP contribution in [0.4, 0.5) is 0 Å². The predicted molar refractivity (Wildman–Crippen MR) is 59.0 cm³/mol. The Morgan fingerprint density at radius 1 is 1.46 bits per heavy atom. The van der Waals surface area contributed by atoms with Crippen LogP contribution in [-0.2, 0) is 0 Å². The summed E-state index contributed by atoms with van der Waals surface area (Å²) in [6.07, 6.45) is 1.29. The van der Waals surface area contributed by atoms with Crippen molar-refractivity contribution in [2.45, 2.75) is 25.3 Å². The normalized spacial score (nSPS) is 26.0. The van der Waals surface area contributed by atoms with E-state index < -0.39 is 0 Å². The predicted octanol–water partition coefficient (Wildman–Crippen LogP) is 2.91. The molecular weight excluding hydrogens is 226 g/mol. The third-order valence-corrected chi connectivity index (χ3v) is 3.28. The maximum Gasteiger partial charge on any atom is 0.0210 e. The molecule has 1 fully saturated rings. The second-order valence-corrected chi connectivity index (χ2v) is 4.38. The van der Waals surface area contributed by atoms with Crippen molar-refractivity contribution in [1.29, 1.82) is 0 Å². The van der Waals surface area contributed by atoms with Gasteiger partial charge in [0.05, 0.1) is 0 Å². The van der Waals surface area contributed by atoms with E-state index in [1.807, 2.05) is 0 Å². The van der Waals surface area contributed by atoms with Gasteiger partial charge in [0.1, 0.15) is 0 Å². The molecule has 1 aromatic rings. The Bertz CT molecular complexity index is 298. The lowest BCUT2D eigenvalue weighted by atomic mass is 10.1. The van der Waals surface area contributed by atoms with Crippen molar-refractivity contribution in [3.8, 4) is 0 Å². The van der Waals surface area contributed by atoms with Gasteiger partial charge in [0.15, 0.2) is 0 Å². The summed E-state index contributed by atoms with van der Waals surface area (Å²) in [5, 5.41) is 3.47. The van der Waals surface area contributed by atoms with Crippen molar-refractivity contribution in [2.75, 3.05) is 6.54 Å². The second kappa shape index (κ2) is 3.81. The molecule has 1 aliphatic rings. The van der Waals surface area contributed by atoms with E-state index in [0.717, 1.165) is 12.5 Å². The molecule has 1 nitrogen and oxygen atoms in total. The van der Waals surface area contributed by atoms with Crippen LogP contribution in [0.5, 0.6) is 0 Å². The van der Waals surface area contributed by atoms with Crippen LogP contribution in [0.15, 0.2) is 28.7 Å². The Balaban J connectivity index is 2.07. The van der Waals surface area contributed by atoms with E-state index in [1.165, 1.54) is 16.5 Å². The van der Waals surface area contributed by atoms with Crippen LogP contribution in [0.2, 0.25) is 0 Å². The summed E-state index contributed by atoms with van der Waals surface area (Å²) in [6, 6.07) is 9.23. The van der Waals surface area contributed by atoms with E-state index in [0.29, 0.717) is 6.04 Å². The van der Waals surface area contributed by atoms with E-state index in [-0.39, 0.29) is 0 Å². The van der Waals surface area contributed by atoms with Crippen molar-refractivity contribution in [3.05, 3.63) is 34.3 Å². The highest BCUT2D eigenvalue weighted by atomic mass is 79.9. The molecule has 1 aromatic carbocycles. The van der Waals surface area contributed by atoms with Crippen LogP contribution in [0.25, 0.3) is 0 Å². The van der Waals surface area contributed by atoms with Gasteiger partial charge >= 0.3 is 0 Å². The molecule has 0 aliphatic heterocycles. The van der Waals surface area contributed by atoms with Crippen LogP contribution in [0.3, 0.4) is 0 Å². The molecule has 1 saturated carbocycles. The van der Waals surface area contributed by atoms with Crippen LogP contribution in [-0.4, -0.2) is 12.6 Å². The Morgan fingerprint density at radius 2 is 2.23 bits per heavy atom. The summed E-state index contributed by atoms with van der Waals surface area (Å²) in [5.74, 6) is 0.732. The van der Waals surface area contributed by atoms with E-state index in [4.69, 9.17) is 0 Å². The van der Waals surface area contributed by atoms with Crippen molar-refractivity contribution >= 4 is 15.9 Å². The molecule has 0 heterocycles. The van der Waals surface area contributed by atoms with Crippen LogP contribution in [0, 0.1) is 0 Å². The summed E-state index contributed by atoms with van der Waals surface area (Å²) < 4.78 is 1.25. The second-order valence-electron chi connectivity index (χ2n) is 3.53. The largest absolute Gasteiger partial charge is 0.314 e. The van der Waals surface area contributed by atoms with E-state index in [9.17, 15) is 0 Å². The lowest BCUT2D eigenvalue weighted by Crippen LogP contribution is -2.16. The highest BCUT2D eigenvalue weighted by molar-refractivity contribution is 9.10. The first-order valence-corrected chi connectivity index (χ1v) is 5.60. The number of rotatable bonds is 3. The van der Waals surface area contributed by atoms with Crippen molar-refractivity contribution in [3.63, 3.8) is 0 Å². The van der Waals surface area contributed by atoms with Crippen LogP contribution < -0.4 is 5.32 Å². The van der Waals surface area contributed by atoms with Crippen LogP contribution >= 0.6 is 15.9 Å². The van der Waals surface area contributed by atoms with Gasteiger partial charge in [-0.2, -0.15) is 0 Å². The maximum atomic E-state index is 3.59. The Kier molecular flexibility index (Phi) is 2.70. The smallest absolute Gasteiger partial charge is 0.0210 e. The molecule has 2 rings (SSSR count). The molecule has 70 valence electrons. The zero-order chi connectivity index (χ0) is 9.26. The lowest BCUT2D eigenvalue weighted by molar-refractivity contribution is 0.703. The summed E-state index contributed by atoms with van der Waals surface area (Å²) in [5.41, 5.74) is 1.45. The summed E-state index contributed by atoms with van der Waals surface area (Å²) in [7, 11) is 0. The molecule has 1 aliphatic carbocycles. The third-order valence-electron chi connectivity index (χ3n) is 2.56. The van der Waals surface area contributed by atoms with E-state index in [2.05, 4.69) is 52.4 Å². The standard InChI is InChI=1S/C11H14BrN/c1-2-13-11-7-9(11)8-5-3-4-6-10(8)12/h3-6,9,11,13H,2,7H2,1H3. The minimum Gasteiger partial charge on any atom is -0.314 e. The highest BCUT2D eigenvalue weighted by Gasteiger charge is 2.38. The van der Waals surface area contributed by atoms with Gasteiger partial charge in [-0.05, 0) is 24.6 Å². The fraction of sp³-hybridized carbons (Fsp3) is 0.455. The first-order chi connectivity index (χ1) is 6.33.